The summed E-state index contributed by atoms with van der Waals surface area (Å²) in [4.78, 5) is 8.42. The minimum atomic E-state index is -0.834. The summed E-state index contributed by atoms with van der Waals surface area (Å²) in [6.45, 7) is 1.92. The summed E-state index contributed by atoms with van der Waals surface area (Å²) in [5.41, 5.74) is 2.86. The Morgan fingerprint density at radius 3 is 2.89 bits per heavy atom. The lowest BCUT2D eigenvalue weighted by Crippen LogP contribution is -1.99. The van der Waals surface area contributed by atoms with Crippen molar-refractivity contribution in [3.8, 4) is 0 Å². The second kappa shape index (κ2) is 5.73. The molecule has 1 unspecified atom stereocenters. The van der Waals surface area contributed by atoms with Gasteiger partial charge in [-0.05, 0) is 30.7 Å². The molecule has 0 fully saturated rings. The third-order valence-electron chi connectivity index (χ3n) is 2.35. The van der Waals surface area contributed by atoms with E-state index in [-0.39, 0.29) is 0 Å². The van der Waals surface area contributed by atoms with Crippen LogP contribution in [0.15, 0.2) is 36.5 Å². The molecule has 0 aliphatic heterocycles. The first-order chi connectivity index (χ1) is 8.63. The van der Waals surface area contributed by atoms with Gasteiger partial charge in [0.1, 0.15) is 0 Å². The molecule has 2 aromatic rings. The average molecular weight is 261 g/mol. The molecule has 1 aromatic heterocycles. The maximum Gasteiger partial charge on any atom is 0.227 e. The molecule has 0 spiro atoms. The van der Waals surface area contributed by atoms with Crippen LogP contribution in [0.4, 0.5) is 11.6 Å². The van der Waals surface area contributed by atoms with Crippen LogP contribution in [0.5, 0.6) is 0 Å². The number of rotatable bonds is 4. The van der Waals surface area contributed by atoms with E-state index in [4.69, 9.17) is 0 Å². The van der Waals surface area contributed by atoms with Crippen molar-refractivity contribution in [1.82, 2.24) is 9.97 Å². The van der Waals surface area contributed by atoms with Gasteiger partial charge >= 0.3 is 0 Å². The minimum absolute atomic E-state index is 0.560. The fourth-order valence-corrected chi connectivity index (χ4v) is 2.26. The lowest BCUT2D eigenvalue weighted by Gasteiger charge is -2.06. The van der Waals surface area contributed by atoms with Gasteiger partial charge in [0.25, 0.3) is 0 Å². The van der Waals surface area contributed by atoms with Gasteiger partial charge in [0.15, 0.2) is 0 Å². The molecule has 1 heterocycles. The number of nitrogens with one attached hydrogen (secondary N) is 1. The zero-order valence-corrected chi connectivity index (χ0v) is 11.2. The Bertz CT molecular complexity index is 572. The monoisotopic (exact) mass is 261 g/mol. The number of anilines is 2. The van der Waals surface area contributed by atoms with Gasteiger partial charge in [-0.25, -0.2) is 9.97 Å². The van der Waals surface area contributed by atoms with Gasteiger partial charge in [-0.1, -0.05) is 12.1 Å². The van der Waals surface area contributed by atoms with E-state index < -0.39 is 10.8 Å². The molecular weight excluding hydrogens is 246 g/mol. The van der Waals surface area contributed by atoms with Crippen LogP contribution in [0.3, 0.4) is 0 Å². The van der Waals surface area contributed by atoms with E-state index in [1.54, 1.807) is 12.5 Å². The predicted octanol–water partition coefficient (Wildman–Crippen LogP) is 2.41. The highest BCUT2D eigenvalue weighted by atomic mass is 32.2. The summed E-state index contributed by atoms with van der Waals surface area (Å²) < 4.78 is 11.2. The maximum atomic E-state index is 11.2. The summed E-state index contributed by atoms with van der Waals surface area (Å²) in [6, 6.07) is 9.65. The normalized spacial score (nSPS) is 12.1. The van der Waals surface area contributed by atoms with Crippen molar-refractivity contribution in [2.45, 2.75) is 12.7 Å². The second-order valence-corrected chi connectivity index (χ2v) is 5.50. The molecule has 18 heavy (non-hydrogen) atoms. The highest BCUT2D eigenvalue weighted by Gasteiger charge is 2.00. The lowest BCUT2D eigenvalue weighted by atomic mass is 10.2. The Labute approximate surface area is 109 Å². The number of hydrogen-bond donors (Lipinski definition) is 1. The number of aryl methyl sites for hydroxylation is 1. The van der Waals surface area contributed by atoms with Crippen LogP contribution < -0.4 is 5.32 Å². The second-order valence-electron chi connectivity index (χ2n) is 4.06. The van der Waals surface area contributed by atoms with Crippen LogP contribution >= 0.6 is 0 Å². The van der Waals surface area contributed by atoms with Crippen LogP contribution in [0.1, 0.15) is 11.3 Å². The third kappa shape index (κ3) is 3.63. The van der Waals surface area contributed by atoms with Crippen molar-refractivity contribution < 1.29 is 4.21 Å². The van der Waals surface area contributed by atoms with Crippen molar-refractivity contribution in [3.05, 3.63) is 47.8 Å². The van der Waals surface area contributed by atoms with E-state index >= 15 is 0 Å². The molecule has 0 saturated carbocycles. The smallest absolute Gasteiger partial charge is 0.227 e. The Morgan fingerprint density at radius 2 is 2.17 bits per heavy atom. The molecule has 4 nitrogen and oxygen atoms in total. The first-order valence-electron chi connectivity index (χ1n) is 5.59. The number of aromatic nitrogens is 2. The molecule has 0 radical (unpaired) electrons. The molecule has 1 atom stereocenters. The van der Waals surface area contributed by atoms with Crippen molar-refractivity contribution in [2.75, 3.05) is 11.6 Å². The van der Waals surface area contributed by atoms with Crippen LogP contribution in [-0.2, 0) is 16.6 Å². The quantitative estimate of drug-likeness (QED) is 0.918. The Hall–Kier alpha value is -1.75. The van der Waals surface area contributed by atoms with E-state index in [1.807, 2.05) is 37.3 Å². The van der Waals surface area contributed by atoms with Crippen LogP contribution in [0.25, 0.3) is 0 Å². The zero-order chi connectivity index (χ0) is 13.0. The van der Waals surface area contributed by atoms with Crippen molar-refractivity contribution in [2.24, 2.45) is 0 Å². The highest BCUT2D eigenvalue weighted by molar-refractivity contribution is 7.83. The summed E-state index contributed by atoms with van der Waals surface area (Å²) in [6.07, 6.45) is 3.42. The molecule has 0 aliphatic carbocycles. The van der Waals surface area contributed by atoms with Gasteiger partial charge in [-0.3, -0.25) is 4.21 Å². The average Bonchev–Trinajstić information content (AvgIpc) is 2.28. The van der Waals surface area contributed by atoms with Gasteiger partial charge in [0.2, 0.25) is 5.95 Å². The predicted molar refractivity (Wildman–Crippen MR) is 74.3 cm³/mol. The van der Waals surface area contributed by atoms with E-state index in [0.717, 1.165) is 16.9 Å². The highest BCUT2D eigenvalue weighted by Crippen LogP contribution is 2.15. The first kappa shape index (κ1) is 12.7. The van der Waals surface area contributed by atoms with E-state index in [2.05, 4.69) is 15.3 Å². The number of nitrogens with zero attached hydrogens (tertiary/aromatic N) is 2. The van der Waals surface area contributed by atoms with Gasteiger partial charge in [-0.15, -0.1) is 0 Å². The number of hydrogen-bond acceptors (Lipinski definition) is 4. The molecule has 0 aliphatic rings. The summed E-state index contributed by atoms with van der Waals surface area (Å²) in [5.74, 6) is 1.13. The van der Waals surface area contributed by atoms with Gasteiger partial charge in [-0.2, -0.15) is 0 Å². The first-order valence-corrected chi connectivity index (χ1v) is 7.32. The Kier molecular flexibility index (Phi) is 4.04. The fourth-order valence-electron chi connectivity index (χ4n) is 1.61. The van der Waals surface area contributed by atoms with Gasteiger partial charge in [0, 0.05) is 40.4 Å². The lowest BCUT2D eigenvalue weighted by molar-refractivity contribution is 0.686. The summed E-state index contributed by atoms with van der Waals surface area (Å²) in [5, 5.41) is 3.14. The molecular formula is C13H15N3OS. The standard InChI is InChI=1S/C13H15N3OS/c1-10-6-7-14-13(15-10)16-12-5-3-4-11(8-12)9-18(2)17/h3-8H,9H2,1-2H3,(H,14,15,16). The maximum absolute atomic E-state index is 11.2. The molecule has 0 saturated heterocycles. The van der Waals surface area contributed by atoms with E-state index in [9.17, 15) is 4.21 Å². The third-order valence-corrected chi connectivity index (χ3v) is 3.09. The van der Waals surface area contributed by atoms with Gasteiger partial charge < -0.3 is 5.32 Å². The van der Waals surface area contributed by atoms with Crippen LogP contribution in [-0.4, -0.2) is 20.4 Å². The molecule has 2 rings (SSSR count). The van der Waals surface area contributed by atoms with Crippen LogP contribution in [0, 0.1) is 6.92 Å². The number of benzene rings is 1. The SMILES string of the molecule is Cc1ccnc(Nc2cccc(CS(C)=O)c2)n1. The molecule has 1 aromatic carbocycles. The van der Waals surface area contributed by atoms with Crippen molar-refractivity contribution in [1.29, 1.82) is 0 Å². The fraction of sp³-hybridized carbons (Fsp3) is 0.231. The minimum Gasteiger partial charge on any atom is -0.324 e. The molecule has 0 amide bonds. The molecule has 94 valence electrons. The largest absolute Gasteiger partial charge is 0.324 e. The summed E-state index contributed by atoms with van der Waals surface area (Å²) in [7, 11) is -0.834. The Morgan fingerprint density at radius 1 is 1.33 bits per heavy atom. The Balaban J connectivity index is 2.16. The topological polar surface area (TPSA) is 54.9 Å². The van der Waals surface area contributed by atoms with Crippen LogP contribution in [0.2, 0.25) is 0 Å². The zero-order valence-electron chi connectivity index (χ0n) is 10.4. The summed E-state index contributed by atoms with van der Waals surface area (Å²) >= 11 is 0. The van der Waals surface area contributed by atoms with Gasteiger partial charge in [0.05, 0.1) is 0 Å². The van der Waals surface area contributed by atoms with Crippen molar-refractivity contribution >= 4 is 22.4 Å². The molecule has 5 heteroatoms. The van der Waals surface area contributed by atoms with E-state index in [0.29, 0.717) is 11.7 Å². The van der Waals surface area contributed by atoms with E-state index in [1.165, 1.54) is 0 Å². The molecule has 1 N–H and O–H groups in total. The molecule has 0 bridgehead atoms. The van der Waals surface area contributed by atoms with Crippen molar-refractivity contribution in [3.63, 3.8) is 0 Å².